The summed E-state index contributed by atoms with van der Waals surface area (Å²) in [6.07, 6.45) is 14.2. The summed E-state index contributed by atoms with van der Waals surface area (Å²) < 4.78 is 2.20. The van der Waals surface area contributed by atoms with Gasteiger partial charge in [0, 0.05) is 110 Å². The number of piperidine rings is 4. The first-order valence-electron chi connectivity index (χ1n) is 27.3. The zero-order valence-corrected chi connectivity index (χ0v) is 42.4. The van der Waals surface area contributed by atoms with Crippen molar-refractivity contribution in [2.24, 2.45) is 11.3 Å². The number of aromatic nitrogens is 3. The van der Waals surface area contributed by atoms with Crippen molar-refractivity contribution < 1.29 is 24.0 Å². The van der Waals surface area contributed by atoms with Gasteiger partial charge in [0.25, 0.3) is 0 Å². The molecule has 0 atom stereocenters. The van der Waals surface area contributed by atoms with Gasteiger partial charge in [-0.3, -0.25) is 29.4 Å². The lowest BCUT2D eigenvalue weighted by molar-refractivity contribution is -0.150. The van der Waals surface area contributed by atoms with Gasteiger partial charge in [-0.1, -0.05) is 25.5 Å². The molecule has 6 aliphatic heterocycles. The molecule has 2 N–H and O–H groups in total. The van der Waals surface area contributed by atoms with Gasteiger partial charge >= 0.3 is 6.03 Å². The molecule has 5 saturated heterocycles. The van der Waals surface area contributed by atoms with E-state index in [4.69, 9.17) is 9.97 Å². The number of rotatable bonds is 10. The number of carbonyl (C=O) groups excluding carboxylic acids is 5. The summed E-state index contributed by atoms with van der Waals surface area (Å²) in [5.41, 5.74) is 6.45. The molecule has 16 heteroatoms. The molecule has 380 valence electrons. The molecular formula is C56H71N11O5. The molecule has 8 heterocycles. The van der Waals surface area contributed by atoms with Crippen LogP contribution in [0.25, 0.3) is 22.3 Å². The fourth-order valence-electron chi connectivity index (χ4n) is 13.3. The number of imidazole rings is 1. The fraction of sp³-hybridized carbons (Fsp3) is 0.589. The molecule has 2 aromatic carbocycles. The summed E-state index contributed by atoms with van der Waals surface area (Å²) in [6, 6.07) is 17.5. The number of likely N-dealkylation sites (tertiary alicyclic amines) is 3. The molecule has 2 aromatic heterocycles. The van der Waals surface area contributed by atoms with Gasteiger partial charge < -0.3 is 34.4 Å². The number of fused-ring (bicyclic) bond motifs is 3. The Balaban J connectivity index is 0.705. The Kier molecular flexibility index (Phi) is 12.1. The van der Waals surface area contributed by atoms with Crippen LogP contribution in [0.15, 0.2) is 54.9 Å². The van der Waals surface area contributed by atoms with E-state index >= 15 is 4.79 Å². The molecule has 6 amide bonds. The van der Waals surface area contributed by atoms with E-state index in [1.54, 1.807) is 4.90 Å². The van der Waals surface area contributed by atoms with Crippen LogP contribution in [-0.2, 0) is 24.6 Å². The minimum atomic E-state index is -0.684. The maximum Gasteiger partial charge on any atom is 0.328 e. The lowest BCUT2D eigenvalue weighted by atomic mass is 9.72. The van der Waals surface area contributed by atoms with Crippen LogP contribution in [0.3, 0.4) is 0 Å². The first-order valence-corrected chi connectivity index (χ1v) is 27.3. The highest BCUT2D eigenvalue weighted by atomic mass is 16.2. The number of nitrogens with zero attached hydrogens (tertiary/aromatic N) is 9. The SMILES string of the molecule is CC(C)n1cnc2cc(-c3ccc4c(c3)N(C3CC(N5CCCCC5)C3)C(=O)C43CCN(C(=O)C4(C)CCN(C(=O)C5CCN(c6ccc(N7CCC(=O)NC7=O)cc6)CC5)CC4)CC3)nc(NC3CC3)c21. The van der Waals surface area contributed by atoms with Crippen LogP contribution in [-0.4, -0.2) is 136 Å². The third-order valence-electron chi connectivity index (χ3n) is 18.1. The van der Waals surface area contributed by atoms with Crippen LogP contribution in [0, 0.1) is 11.3 Å². The predicted molar refractivity (Wildman–Crippen MR) is 278 cm³/mol. The summed E-state index contributed by atoms with van der Waals surface area (Å²) in [6.45, 7) is 12.8. The van der Waals surface area contributed by atoms with Crippen LogP contribution in [0.5, 0.6) is 0 Å². The van der Waals surface area contributed by atoms with E-state index in [1.807, 2.05) is 40.4 Å². The zero-order chi connectivity index (χ0) is 49.5. The Labute approximate surface area is 422 Å². The van der Waals surface area contributed by atoms with Gasteiger partial charge in [0.15, 0.2) is 5.82 Å². The van der Waals surface area contributed by atoms with Gasteiger partial charge in [-0.15, -0.1) is 0 Å². The Bertz CT molecular complexity index is 2770. The number of carbonyl (C=O) groups is 5. The number of hydrogen-bond donors (Lipinski definition) is 2. The van der Waals surface area contributed by atoms with Gasteiger partial charge in [-0.2, -0.15) is 0 Å². The number of nitrogens with one attached hydrogen (secondary N) is 2. The number of amides is 6. The van der Waals surface area contributed by atoms with E-state index in [-0.39, 0.29) is 48.1 Å². The normalized spacial score (nSPS) is 24.8. The second kappa shape index (κ2) is 18.5. The monoisotopic (exact) mass is 978 g/mol. The van der Waals surface area contributed by atoms with Crippen molar-refractivity contribution >= 4 is 63.6 Å². The highest BCUT2D eigenvalue weighted by Gasteiger charge is 2.56. The molecule has 1 spiro atoms. The number of pyridine rings is 1. The maximum absolute atomic E-state index is 15.3. The average Bonchev–Trinajstić information content (AvgIpc) is 4.05. The molecule has 4 aromatic rings. The van der Waals surface area contributed by atoms with Crippen molar-refractivity contribution in [3.63, 3.8) is 0 Å². The van der Waals surface area contributed by atoms with E-state index in [9.17, 15) is 19.2 Å². The molecule has 0 unspecified atom stereocenters. The minimum absolute atomic E-state index is 0.0529. The highest BCUT2D eigenvalue weighted by Crippen LogP contribution is 2.53. The molecule has 0 radical (unpaired) electrons. The number of anilines is 4. The number of hydrogen-bond acceptors (Lipinski definition) is 10. The van der Waals surface area contributed by atoms with E-state index in [1.165, 1.54) is 19.3 Å². The minimum Gasteiger partial charge on any atom is -0.371 e. The first-order chi connectivity index (χ1) is 34.9. The first kappa shape index (κ1) is 47.0. The van der Waals surface area contributed by atoms with Gasteiger partial charge in [-0.25, -0.2) is 14.8 Å². The van der Waals surface area contributed by atoms with Crippen LogP contribution in [0.2, 0.25) is 0 Å². The molecule has 7 fully saturated rings. The molecule has 12 rings (SSSR count). The number of benzene rings is 2. The Morgan fingerprint density at radius 1 is 0.764 bits per heavy atom. The molecule has 2 saturated carbocycles. The summed E-state index contributed by atoms with van der Waals surface area (Å²) in [7, 11) is 0. The molecule has 2 aliphatic carbocycles. The van der Waals surface area contributed by atoms with Crippen LogP contribution in [0.1, 0.15) is 122 Å². The van der Waals surface area contributed by atoms with Crippen molar-refractivity contribution in [3.8, 4) is 11.3 Å². The Morgan fingerprint density at radius 3 is 2.14 bits per heavy atom. The summed E-state index contributed by atoms with van der Waals surface area (Å²) in [5, 5.41) is 6.09. The van der Waals surface area contributed by atoms with Crippen molar-refractivity contribution in [3.05, 3.63) is 60.4 Å². The molecule has 0 bridgehead atoms. The summed E-state index contributed by atoms with van der Waals surface area (Å²) in [5.74, 6) is 1.11. The van der Waals surface area contributed by atoms with Crippen LogP contribution >= 0.6 is 0 Å². The van der Waals surface area contributed by atoms with Gasteiger partial charge in [0.05, 0.1) is 23.0 Å². The third kappa shape index (κ3) is 8.38. The molecule has 72 heavy (non-hydrogen) atoms. The highest BCUT2D eigenvalue weighted by molar-refractivity contribution is 6.10. The van der Waals surface area contributed by atoms with Crippen LogP contribution < -0.4 is 25.3 Å². The van der Waals surface area contributed by atoms with Gasteiger partial charge in [-0.05, 0) is 146 Å². The second-order valence-electron chi connectivity index (χ2n) is 23.0. The smallest absolute Gasteiger partial charge is 0.328 e. The van der Waals surface area contributed by atoms with Crippen molar-refractivity contribution in [1.82, 2.24) is 34.6 Å². The van der Waals surface area contributed by atoms with Gasteiger partial charge in [0.2, 0.25) is 23.6 Å². The quantitative estimate of drug-likeness (QED) is 0.163. The topological polar surface area (TPSA) is 160 Å². The lowest BCUT2D eigenvalue weighted by Gasteiger charge is -2.48. The van der Waals surface area contributed by atoms with E-state index in [0.717, 1.165) is 115 Å². The zero-order valence-electron chi connectivity index (χ0n) is 42.4. The average molecular weight is 978 g/mol. The van der Waals surface area contributed by atoms with E-state index in [0.29, 0.717) is 70.5 Å². The van der Waals surface area contributed by atoms with Crippen molar-refractivity contribution in [2.75, 3.05) is 78.9 Å². The predicted octanol–water partition coefficient (Wildman–Crippen LogP) is 7.47. The fourth-order valence-corrected chi connectivity index (χ4v) is 13.3. The van der Waals surface area contributed by atoms with Gasteiger partial charge in [0.1, 0.15) is 5.52 Å². The number of imide groups is 1. The summed E-state index contributed by atoms with van der Waals surface area (Å²) in [4.78, 5) is 90.6. The van der Waals surface area contributed by atoms with Crippen molar-refractivity contribution in [2.45, 2.75) is 140 Å². The molecular weight excluding hydrogens is 907 g/mol. The Hall–Kier alpha value is -6.03. The van der Waals surface area contributed by atoms with Crippen molar-refractivity contribution in [1.29, 1.82) is 0 Å². The Morgan fingerprint density at radius 2 is 1.46 bits per heavy atom. The molecule has 16 nitrogen and oxygen atoms in total. The second-order valence-corrected chi connectivity index (χ2v) is 23.0. The lowest BCUT2D eigenvalue weighted by Crippen LogP contribution is -2.59. The maximum atomic E-state index is 15.3. The number of urea groups is 1. The largest absolute Gasteiger partial charge is 0.371 e. The third-order valence-corrected chi connectivity index (χ3v) is 18.1. The molecule has 8 aliphatic rings. The van der Waals surface area contributed by atoms with E-state index < -0.39 is 16.9 Å². The van der Waals surface area contributed by atoms with Crippen LogP contribution in [0.4, 0.5) is 27.7 Å². The standard InChI is InChI=1S/C56H71N11O5/c1-36(2)66-35-57-46-34-45(59-50(49(46)66)58-39-8-9-39)38-7-14-44-47(31-38)67(43-32-42(33-43)61-22-5-4-6-23-61)53(71)56(44)20-29-64(30-21-56)52(70)55(3)18-27-63(28-19-55)51(69)37-15-24-62(25-16-37)40-10-12-41(13-11-40)65-26-17-48(68)60-54(65)72/h7,10-14,31,34-37,39,42-43H,4-6,8-9,15-30,32-33H2,1-3H3,(H,58,59)(H,60,68,72). The van der Waals surface area contributed by atoms with E-state index in [2.05, 4.69) is 74.9 Å². The summed E-state index contributed by atoms with van der Waals surface area (Å²) >= 11 is 0.